The molecular formula is C12H10O3S. The van der Waals surface area contributed by atoms with Gasteiger partial charge < -0.3 is 14.6 Å². The predicted molar refractivity (Wildman–Crippen MR) is 60.9 cm³/mol. The van der Waals surface area contributed by atoms with Crippen LogP contribution in [0.2, 0.25) is 0 Å². The first-order chi connectivity index (χ1) is 7.84. The highest BCUT2D eigenvalue weighted by atomic mass is 32.1. The van der Waals surface area contributed by atoms with Gasteiger partial charge in [0, 0.05) is 0 Å². The van der Waals surface area contributed by atoms with Crippen molar-refractivity contribution in [2.75, 3.05) is 6.79 Å². The quantitative estimate of drug-likeness (QED) is 0.868. The lowest BCUT2D eigenvalue weighted by atomic mass is 10.0. The highest BCUT2D eigenvalue weighted by Crippen LogP contribution is 2.35. The van der Waals surface area contributed by atoms with E-state index in [9.17, 15) is 5.11 Å². The van der Waals surface area contributed by atoms with E-state index in [4.69, 9.17) is 9.47 Å². The van der Waals surface area contributed by atoms with Crippen LogP contribution in [0, 0.1) is 0 Å². The fourth-order valence-corrected chi connectivity index (χ4v) is 2.39. The molecule has 1 aliphatic rings. The maximum absolute atomic E-state index is 10.1. The van der Waals surface area contributed by atoms with Crippen molar-refractivity contribution in [1.29, 1.82) is 0 Å². The van der Waals surface area contributed by atoms with Crippen molar-refractivity contribution in [2.24, 2.45) is 0 Å². The monoisotopic (exact) mass is 234 g/mol. The molecule has 0 spiro atoms. The van der Waals surface area contributed by atoms with E-state index in [0.29, 0.717) is 5.75 Å². The van der Waals surface area contributed by atoms with Gasteiger partial charge in [-0.25, -0.2) is 0 Å². The second kappa shape index (κ2) is 3.81. The summed E-state index contributed by atoms with van der Waals surface area (Å²) in [5.74, 6) is 1.44. The van der Waals surface area contributed by atoms with Crippen LogP contribution in [-0.2, 0) is 0 Å². The summed E-state index contributed by atoms with van der Waals surface area (Å²) in [7, 11) is 0. The summed E-state index contributed by atoms with van der Waals surface area (Å²) in [6.45, 7) is 0.257. The van der Waals surface area contributed by atoms with E-state index < -0.39 is 6.10 Å². The third kappa shape index (κ3) is 1.56. The van der Waals surface area contributed by atoms with Crippen molar-refractivity contribution < 1.29 is 14.6 Å². The Morgan fingerprint density at radius 3 is 2.81 bits per heavy atom. The van der Waals surface area contributed by atoms with Gasteiger partial charge in [-0.1, -0.05) is 6.07 Å². The summed E-state index contributed by atoms with van der Waals surface area (Å²) in [4.78, 5) is 0. The molecule has 0 bridgehead atoms. The Hall–Kier alpha value is -1.52. The Bertz CT molecular complexity index is 493. The lowest BCUT2D eigenvalue weighted by molar-refractivity contribution is 0.173. The molecule has 0 saturated carbocycles. The Kier molecular flexibility index (Phi) is 2.31. The molecule has 1 atom stereocenters. The zero-order valence-electron chi connectivity index (χ0n) is 8.42. The molecule has 2 aromatic rings. The first kappa shape index (κ1) is 9.69. The Morgan fingerprint density at radius 2 is 2.00 bits per heavy atom. The Balaban J connectivity index is 1.95. The second-order valence-corrected chi connectivity index (χ2v) is 4.35. The van der Waals surface area contributed by atoms with Crippen LogP contribution in [0.3, 0.4) is 0 Å². The fraction of sp³-hybridized carbons (Fsp3) is 0.167. The standard InChI is InChI=1S/C12H10O3S/c13-12(9-3-4-16-6-9)8-1-2-10-11(5-8)15-7-14-10/h1-6,12-13H,7H2. The molecule has 0 radical (unpaired) electrons. The first-order valence-electron chi connectivity index (χ1n) is 4.94. The average Bonchev–Trinajstić information content (AvgIpc) is 2.98. The maximum atomic E-state index is 10.1. The number of thiophene rings is 1. The predicted octanol–water partition coefficient (Wildman–Crippen LogP) is 2.56. The van der Waals surface area contributed by atoms with Crippen LogP contribution in [0.5, 0.6) is 11.5 Å². The van der Waals surface area contributed by atoms with Crippen molar-refractivity contribution in [3.8, 4) is 11.5 Å². The van der Waals surface area contributed by atoms with Crippen LogP contribution < -0.4 is 9.47 Å². The summed E-state index contributed by atoms with van der Waals surface area (Å²) in [6, 6.07) is 7.42. The first-order valence-corrected chi connectivity index (χ1v) is 5.88. The van der Waals surface area contributed by atoms with Gasteiger partial charge in [0.2, 0.25) is 6.79 Å². The summed E-state index contributed by atoms with van der Waals surface area (Å²) in [6.07, 6.45) is -0.597. The molecule has 16 heavy (non-hydrogen) atoms. The Labute approximate surface area is 96.9 Å². The van der Waals surface area contributed by atoms with Crippen LogP contribution in [0.15, 0.2) is 35.0 Å². The minimum Gasteiger partial charge on any atom is -0.454 e. The van der Waals surface area contributed by atoms with Gasteiger partial charge in [-0.3, -0.25) is 0 Å². The number of benzene rings is 1. The zero-order chi connectivity index (χ0) is 11.0. The van der Waals surface area contributed by atoms with E-state index in [1.54, 1.807) is 11.3 Å². The molecule has 1 aliphatic heterocycles. The van der Waals surface area contributed by atoms with E-state index in [1.807, 2.05) is 35.0 Å². The molecule has 4 heteroatoms. The number of fused-ring (bicyclic) bond motifs is 1. The molecule has 1 N–H and O–H groups in total. The van der Waals surface area contributed by atoms with E-state index in [0.717, 1.165) is 16.9 Å². The van der Waals surface area contributed by atoms with Gasteiger partial charge in [0.15, 0.2) is 11.5 Å². The summed E-state index contributed by atoms with van der Waals surface area (Å²) in [5.41, 5.74) is 1.73. The Morgan fingerprint density at radius 1 is 1.12 bits per heavy atom. The fourth-order valence-electron chi connectivity index (χ4n) is 1.71. The summed E-state index contributed by atoms with van der Waals surface area (Å²) < 4.78 is 10.5. The number of ether oxygens (including phenoxy) is 2. The molecule has 3 rings (SSSR count). The van der Waals surface area contributed by atoms with Crippen molar-refractivity contribution in [3.63, 3.8) is 0 Å². The van der Waals surface area contributed by atoms with Gasteiger partial charge in [-0.2, -0.15) is 11.3 Å². The van der Waals surface area contributed by atoms with E-state index in [-0.39, 0.29) is 6.79 Å². The smallest absolute Gasteiger partial charge is 0.231 e. The van der Waals surface area contributed by atoms with Crippen molar-refractivity contribution >= 4 is 11.3 Å². The van der Waals surface area contributed by atoms with Crippen molar-refractivity contribution in [2.45, 2.75) is 6.10 Å². The van der Waals surface area contributed by atoms with E-state index >= 15 is 0 Å². The molecule has 0 saturated heterocycles. The van der Waals surface area contributed by atoms with Gasteiger partial charge in [0.25, 0.3) is 0 Å². The van der Waals surface area contributed by atoms with Gasteiger partial charge in [-0.05, 0) is 40.1 Å². The number of aliphatic hydroxyl groups excluding tert-OH is 1. The van der Waals surface area contributed by atoms with Gasteiger partial charge in [-0.15, -0.1) is 0 Å². The topological polar surface area (TPSA) is 38.7 Å². The average molecular weight is 234 g/mol. The minimum absolute atomic E-state index is 0.257. The molecule has 1 aromatic heterocycles. The van der Waals surface area contributed by atoms with Crippen LogP contribution in [0.1, 0.15) is 17.2 Å². The largest absolute Gasteiger partial charge is 0.454 e. The third-order valence-electron chi connectivity index (χ3n) is 2.57. The summed E-state index contributed by atoms with van der Waals surface area (Å²) in [5, 5.41) is 14.0. The number of hydrogen-bond acceptors (Lipinski definition) is 4. The molecular weight excluding hydrogens is 224 g/mol. The lowest BCUT2D eigenvalue weighted by Gasteiger charge is -2.09. The molecule has 1 unspecified atom stereocenters. The number of rotatable bonds is 2. The molecule has 0 fully saturated rings. The number of hydrogen-bond donors (Lipinski definition) is 1. The maximum Gasteiger partial charge on any atom is 0.231 e. The van der Waals surface area contributed by atoms with Crippen LogP contribution in [0.4, 0.5) is 0 Å². The highest BCUT2D eigenvalue weighted by Gasteiger charge is 2.17. The molecule has 0 aliphatic carbocycles. The summed E-state index contributed by atoms with van der Waals surface area (Å²) >= 11 is 1.57. The third-order valence-corrected chi connectivity index (χ3v) is 3.27. The minimum atomic E-state index is -0.597. The van der Waals surface area contributed by atoms with Gasteiger partial charge in [0.05, 0.1) is 0 Å². The molecule has 1 aromatic carbocycles. The van der Waals surface area contributed by atoms with Crippen molar-refractivity contribution in [3.05, 3.63) is 46.2 Å². The van der Waals surface area contributed by atoms with Gasteiger partial charge in [0.1, 0.15) is 6.10 Å². The molecule has 82 valence electrons. The van der Waals surface area contributed by atoms with Crippen LogP contribution >= 0.6 is 11.3 Å². The normalized spacial score (nSPS) is 15.1. The second-order valence-electron chi connectivity index (χ2n) is 3.57. The van der Waals surface area contributed by atoms with Crippen LogP contribution in [-0.4, -0.2) is 11.9 Å². The van der Waals surface area contributed by atoms with Crippen LogP contribution in [0.25, 0.3) is 0 Å². The molecule has 3 nitrogen and oxygen atoms in total. The lowest BCUT2D eigenvalue weighted by Crippen LogP contribution is -1.97. The van der Waals surface area contributed by atoms with E-state index in [2.05, 4.69) is 0 Å². The number of aliphatic hydroxyl groups is 1. The molecule has 2 heterocycles. The SMILES string of the molecule is OC(c1ccsc1)c1ccc2c(c1)OCO2. The molecule has 0 amide bonds. The zero-order valence-corrected chi connectivity index (χ0v) is 9.24. The van der Waals surface area contributed by atoms with Crippen molar-refractivity contribution in [1.82, 2.24) is 0 Å². The highest BCUT2D eigenvalue weighted by molar-refractivity contribution is 7.07. The van der Waals surface area contributed by atoms with E-state index in [1.165, 1.54) is 0 Å². The van der Waals surface area contributed by atoms with Gasteiger partial charge >= 0.3 is 0 Å².